The van der Waals surface area contributed by atoms with Gasteiger partial charge in [-0.2, -0.15) is 0 Å². The first-order chi connectivity index (χ1) is 15.1. The molecule has 1 N–H and O–H groups in total. The number of nitrogens with one attached hydrogen (secondary N) is 1. The van der Waals surface area contributed by atoms with Crippen molar-refractivity contribution in [1.82, 2.24) is 19.4 Å². The molecule has 1 aliphatic rings. The van der Waals surface area contributed by atoms with E-state index in [1.807, 2.05) is 64.3 Å². The molecule has 0 saturated carbocycles. The standard InChI is InChI=1S/C24H23ClN4O2/c1-31-22-14-21(28-10-4-5-11-28)18(25)13-17(22)24(30)29-12-6-7-16(15-29)23-26-19-8-2-3-9-20(19)27-23/h2-5,8-11,13-14,16H,6-7,12,15H2,1H3,(H,26,27). The van der Waals surface area contributed by atoms with Crippen LogP contribution < -0.4 is 4.74 Å². The van der Waals surface area contributed by atoms with Crippen molar-refractivity contribution in [3.05, 3.63) is 77.3 Å². The quantitative estimate of drug-likeness (QED) is 0.489. The number of hydrogen-bond donors (Lipinski definition) is 1. The zero-order valence-electron chi connectivity index (χ0n) is 17.2. The van der Waals surface area contributed by atoms with Crippen molar-refractivity contribution in [2.45, 2.75) is 18.8 Å². The second-order valence-corrected chi connectivity index (χ2v) is 8.23. The molecule has 1 saturated heterocycles. The molecule has 1 amide bonds. The fraction of sp³-hybridized carbons (Fsp3) is 0.250. The number of ether oxygens (including phenoxy) is 1. The Morgan fingerprint density at radius 1 is 1.19 bits per heavy atom. The van der Waals surface area contributed by atoms with Gasteiger partial charge in [0.05, 0.1) is 34.4 Å². The average molecular weight is 435 g/mol. The molecule has 1 atom stereocenters. The van der Waals surface area contributed by atoms with E-state index in [-0.39, 0.29) is 11.8 Å². The maximum atomic E-state index is 13.4. The predicted molar refractivity (Wildman–Crippen MR) is 121 cm³/mol. The number of carbonyl (C=O) groups excluding carboxylic acids is 1. The van der Waals surface area contributed by atoms with Gasteiger partial charge in [-0.3, -0.25) is 4.79 Å². The first kappa shape index (κ1) is 19.7. The average Bonchev–Trinajstić information content (AvgIpc) is 3.48. The van der Waals surface area contributed by atoms with E-state index in [0.29, 0.717) is 29.4 Å². The van der Waals surface area contributed by atoms with Crippen LogP contribution in [0.4, 0.5) is 0 Å². The normalized spacial score (nSPS) is 16.6. The van der Waals surface area contributed by atoms with Gasteiger partial charge in [-0.1, -0.05) is 23.7 Å². The Kier molecular flexibility index (Phi) is 5.16. The molecule has 0 radical (unpaired) electrons. The van der Waals surface area contributed by atoms with Gasteiger partial charge in [0.25, 0.3) is 5.91 Å². The molecule has 1 fully saturated rings. The molecule has 6 nitrogen and oxygen atoms in total. The van der Waals surface area contributed by atoms with Gasteiger partial charge in [-0.15, -0.1) is 0 Å². The summed E-state index contributed by atoms with van der Waals surface area (Å²) in [5, 5.41) is 0.506. The Labute approximate surface area is 185 Å². The zero-order valence-corrected chi connectivity index (χ0v) is 18.0. The summed E-state index contributed by atoms with van der Waals surface area (Å²) in [5.41, 5.74) is 3.23. The van der Waals surface area contributed by atoms with Crippen LogP contribution in [0.15, 0.2) is 60.9 Å². The number of rotatable bonds is 4. The Morgan fingerprint density at radius 2 is 2.00 bits per heavy atom. The molecule has 31 heavy (non-hydrogen) atoms. The summed E-state index contributed by atoms with van der Waals surface area (Å²) in [4.78, 5) is 23.5. The fourth-order valence-corrected chi connectivity index (χ4v) is 4.55. The van der Waals surface area contributed by atoms with E-state index in [9.17, 15) is 4.79 Å². The topological polar surface area (TPSA) is 63.1 Å². The number of halogens is 1. The van der Waals surface area contributed by atoms with Crippen LogP contribution in [0.25, 0.3) is 16.7 Å². The summed E-state index contributed by atoms with van der Waals surface area (Å²) in [6.07, 6.45) is 5.73. The number of amides is 1. The number of likely N-dealkylation sites (tertiary alicyclic amines) is 1. The van der Waals surface area contributed by atoms with Crippen LogP contribution in [-0.4, -0.2) is 45.5 Å². The van der Waals surface area contributed by atoms with Gasteiger partial charge in [0.2, 0.25) is 0 Å². The number of methoxy groups -OCH3 is 1. The third-order valence-electron chi connectivity index (χ3n) is 5.88. The largest absolute Gasteiger partial charge is 0.496 e. The minimum atomic E-state index is -0.0707. The molecule has 5 rings (SSSR count). The molecule has 2 aromatic carbocycles. The smallest absolute Gasteiger partial charge is 0.257 e. The molecular formula is C24H23ClN4O2. The van der Waals surface area contributed by atoms with E-state index in [2.05, 4.69) is 4.98 Å². The van der Waals surface area contributed by atoms with Crippen molar-refractivity contribution < 1.29 is 9.53 Å². The molecule has 1 unspecified atom stereocenters. The van der Waals surface area contributed by atoms with Gasteiger partial charge in [0, 0.05) is 37.5 Å². The van der Waals surface area contributed by atoms with Gasteiger partial charge < -0.3 is 19.2 Å². The Hall–Kier alpha value is -3.25. The maximum absolute atomic E-state index is 13.4. The minimum absolute atomic E-state index is 0.0707. The molecule has 0 aliphatic carbocycles. The van der Waals surface area contributed by atoms with Gasteiger partial charge in [-0.05, 0) is 43.2 Å². The van der Waals surface area contributed by atoms with Crippen molar-refractivity contribution in [3.8, 4) is 11.4 Å². The number of carbonyl (C=O) groups is 1. The first-order valence-electron chi connectivity index (χ1n) is 10.4. The summed E-state index contributed by atoms with van der Waals surface area (Å²) >= 11 is 6.54. The van der Waals surface area contributed by atoms with E-state index in [1.165, 1.54) is 0 Å². The second-order valence-electron chi connectivity index (χ2n) is 7.82. The summed E-state index contributed by atoms with van der Waals surface area (Å²) in [6, 6.07) is 15.4. The number of aromatic amines is 1. The van der Waals surface area contributed by atoms with Crippen LogP contribution in [0.2, 0.25) is 5.02 Å². The first-order valence-corrected chi connectivity index (χ1v) is 10.8. The molecule has 1 aliphatic heterocycles. The van der Waals surface area contributed by atoms with Crippen molar-refractivity contribution in [1.29, 1.82) is 0 Å². The van der Waals surface area contributed by atoms with E-state index >= 15 is 0 Å². The Bertz CT molecular complexity index is 1200. The number of imidazole rings is 1. The van der Waals surface area contributed by atoms with E-state index in [4.69, 9.17) is 21.3 Å². The van der Waals surface area contributed by atoms with Crippen LogP contribution in [0.5, 0.6) is 5.75 Å². The summed E-state index contributed by atoms with van der Waals surface area (Å²) in [5.74, 6) is 1.56. The van der Waals surface area contributed by atoms with E-state index < -0.39 is 0 Å². The number of para-hydroxylation sites is 2. The van der Waals surface area contributed by atoms with Crippen molar-refractivity contribution in [3.63, 3.8) is 0 Å². The number of piperidine rings is 1. The van der Waals surface area contributed by atoms with Crippen molar-refractivity contribution in [2.75, 3.05) is 20.2 Å². The number of fused-ring (bicyclic) bond motifs is 1. The second kappa shape index (κ2) is 8.12. The summed E-state index contributed by atoms with van der Waals surface area (Å²) in [7, 11) is 1.58. The highest BCUT2D eigenvalue weighted by Gasteiger charge is 2.29. The number of hydrogen-bond acceptors (Lipinski definition) is 3. The Morgan fingerprint density at radius 3 is 2.77 bits per heavy atom. The van der Waals surface area contributed by atoms with Crippen LogP contribution >= 0.6 is 11.6 Å². The molecule has 158 valence electrons. The fourth-order valence-electron chi connectivity index (χ4n) is 4.29. The Balaban J connectivity index is 1.42. The van der Waals surface area contributed by atoms with Crippen molar-refractivity contribution in [2.24, 2.45) is 0 Å². The van der Waals surface area contributed by atoms with Crippen LogP contribution in [0.1, 0.15) is 34.9 Å². The number of nitrogens with zero attached hydrogens (tertiary/aromatic N) is 3. The molecular weight excluding hydrogens is 412 g/mol. The molecule has 7 heteroatoms. The molecule has 3 heterocycles. The van der Waals surface area contributed by atoms with Gasteiger partial charge in [0.15, 0.2) is 0 Å². The SMILES string of the molecule is COc1cc(-n2cccc2)c(Cl)cc1C(=O)N1CCCC(c2nc3ccccc3[nH]2)C1. The lowest BCUT2D eigenvalue weighted by Crippen LogP contribution is -2.39. The lowest BCUT2D eigenvalue weighted by molar-refractivity contribution is 0.0701. The number of H-pyrrole nitrogens is 1. The maximum Gasteiger partial charge on any atom is 0.257 e. The van der Waals surface area contributed by atoms with E-state index in [1.54, 1.807) is 13.2 Å². The lowest BCUT2D eigenvalue weighted by Gasteiger charge is -2.32. The number of aromatic nitrogens is 3. The molecule has 0 spiro atoms. The zero-order chi connectivity index (χ0) is 21.4. The highest BCUT2D eigenvalue weighted by Crippen LogP contribution is 2.33. The number of benzene rings is 2. The van der Waals surface area contributed by atoms with Gasteiger partial charge in [-0.25, -0.2) is 4.98 Å². The minimum Gasteiger partial charge on any atom is -0.496 e. The van der Waals surface area contributed by atoms with Crippen LogP contribution in [0.3, 0.4) is 0 Å². The lowest BCUT2D eigenvalue weighted by atomic mass is 9.96. The predicted octanol–water partition coefficient (Wildman–Crippen LogP) is 5.04. The molecule has 4 aromatic rings. The highest BCUT2D eigenvalue weighted by molar-refractivity contribution is 6.33. The third-order valence-corrected chi connectivity index (χ3v) is 6.19. The summed E-state index contributed by atoms with van der Waals surface area (Å²) < 4.78 is 7.46. The molecule has 2 aromatic heterocycles. The van der Waals surface area contributed by atoms with Crippen molar-refractivity contribution >= 4 is 28.5 Å². The van der Waals surface area contributed by atoms with E-state index in [0.717, 1.165) is 35.4 Å². The van der Waals surface area contributed by atoms with Crippen LogP contribution in [-0.2, 0) is 0 Å². The highest BCUT2D eigenvalue weighted by atomic mass is 35.5. The summed E-state index contributed by atoms with van der Waals surface area (Å²) in [6.45, 7) is 1.31. The van der Waals surface area contributed by atoms with Gasteiger partial charge >= 0.3 is 0 Å². The van der Waals surface area contributed by atoms with Crippen LogP contribution in [0, 0.1) is 0 Å². The monoisotopic (exact) mass is 434 g/mol. The third kappa shape index (κ3) is 3.68. The van der Waals surface area contributed by atoms with Gasteiger partial charge in [0.1, 0.15) is 11.6 Å². The molecule has 0 bridgehead atoms.